The minimum Gasteiger partial charge on any atom is -0.490 e. The number of rotatable bonds is 12. The molecule has 0 spiro atoms. The molecule has 182 valence electrons. The van der Waals surface area contributed by atoms with Gasteiger partial charge in [-0.05, 0) is 62.0 Å². The Labute approximate surface area is 193 Å². The molecular formula is C27H42F2O3. The predicted octanol–water partition coefficient (Wildman–Crippen LogP) is 7.80. The van der Waals surface area contributed by atoms with Crippen molar-refractivity contribution < 1.29 is 23.0 Å². The summed E-state index contributed by atoms with van der Waals surface area (Å²) in [7, 11) is 0. The number of unbranched alkanes of at least 4 members (excludes halogenated alkanes) is 3. The van der Waals surface area contributed by atoms with Crippen LogP contribution in [0.3, 0.4) is 0 Å². The van der Waals surface area contributed by atoms with Crippen molar-refractivity contribution in [2.24, 2.45) is 17.8 Å². The van der Waals surface area contributed by atoms with Gasteiger partial charge in [-0.1, -0.05) is 58.8 Å². The van der Waals surface area contributed by atoms with Crippen LogP contribution in [-0.2, 0) is 16.1 Å². The molecule has 5 heteroatoms. The van der Waals surface area contributed by atoms with Crippen LogP contribution in [0.2, 0.25) is 0 Å². The van der Waals surface area contributed by atoms with Crippen LogP contribution in [0, 0.1) is 29.4 Å². The Morgan fingerprint density at radius 2 is 1.62 bits per heavy atom. The third-order valence-electron chi connectivity index (χ3n) is 7.35. The van der Waals surface area contributed by atoms with Crippen molar-refractivity contribution in [3.05, 3.63) is 29.3 Å². The number of hydrogen-bond donors (Lipinski definition) is 0. The van der Waals surface area contributed by atoms with E-state index in [1.807, 2.05) is 6.92 Å². The maximum atomic E-state index is 14.4. The number of halogens is 2. The predicted molar refractivity (Wildman–Crippen MR) is 124 cm³/mol. The van der Waals surface area contributed by atoms with E-state index < -0.39 is 11.6 Å². The van der Waals surface area contributed by atoms with Crippen molar-refractivity contribution in [1.82, 2.24) is 0 Å². The molecule has 1 heterocycles. The number of hydrogen-bond acceptors (Lipinski definition) is 3. The average molecular weight is 453 g/mol. The quantitative estimate of drug-likeness (QED) is 0.303. The van der Waals surface area contributed by atoms with Gasteiger partial charge in [-0.15, -0.1) is 0 Å². The Morgan fingerprint density at radius 3 is 2.31 bits per heavy atom. The highest BCUT2D eigenvalue weighted by molar-refractivity contribution is 5.30. The summed E-state index contributed by atoms with van der Waals surface area (Å²) in [6, 6.07) is 3.04. The van der Waals surface area contributed by atoms with Crippen molar-refractivity contribution >= 4 is 0 Å². The van der Waals surface area contributed by atoms with E-state index in [1.165, 1.54) is 57.4 Å². The summed E-state index contributed by atoms with van der Waals surface area (Å²) in [5, 5.41) is 0. The first-order chi connectivity index (χ1) is 15.6. The van der Waals surface area contributed by atoms with Gasteiger partial charge in [0.05, 0.1) is 19.8 Å². The van der Waals surface area contributed by atoms with Gasteiger partial charge < -0.3 is 14.2 Å². The van der Waals surface area contributed by atoms with E-state index in [0.717, 1.165) is 44.1 Å². The Kier molecular flexibility index (Phi) is 10.7. The van der Waals surface area contributed by atoms with Gasteiger partial charge in [-0.3, -0.25) is 0 Å². The molecule has 0 radical (unpaired) electrons. The van der Waals surface area contributed by atoms with Crippen molar-refractivity contribution in [3.63, 3.8) is 0 Å². The Balaban J connectivity index is 1.37. The van der Waals surface area contributed by atoms with Crippen LogP contribution in [0.5, 0.6) is 5.75 Å². The van der Waals surface area contributed by atoms with E-state index in [9.17, 15) is 8.78 Å². The Hall–Kier alpha value is -1.20. The zero-order valence-electron chi connectivity index (χ0n) is 20.1. The van der Waals surface area contributed by atoms with Crippen LogP contribution >= 0.6 is 0 Å². The summed E-state index contributed by atoms with van der Waals surface area (Å²) < 4.78 is 45.7. The lowest BCUT2D eigenvalue weighted by Crippen LogP contribution is -2.33. The Bertz CT molecular complexity index is 665. The van der Waals surface area contributed by atoms with Crippen LogP contribution in [0.15, 0.2) is 12.1 Å². The molecule has 1 aromatic carbocycles. The van der Waals surface area contributed by atoms with Gasteiger partial charge >= 0.3 is 0 Å². The molecule has 0 N–H and O–H groups in total. The summed E-state index contributed by atoms with van der Waals surface area (Å²) in [6.45, 7) is 5.41. The second-order valence-electron chi connectivity index (χ2n) is 9.74. The van der Waals surface area contributed by atoms with Gasteiger partial charge in [-0.25, -0.2) is 4.39 Å². The average Bonchev–Trinajstić information content (AvgIpc) is 2.82. The maximum absolute atomic E-state index is 14.4. The lowest BCUT2D eigenvalue weighted by molar-refractivity contribution is -0.188. The van der Waals surface area contributed by atoms with Crippen LogP contribution in [0.1, 0.15) is 96.5 Å². The SMILES string of the molecule is CCCCCC1CCC(C2CCC(OCc3ccc(OCCCC)c(F)c3F)OC2)CC1. The maximum Gasteiger partial charge on any atom is 0.200 e. The lowest BCUT2D eigenvalue weighted by Gasteiger charge is -2.37. The van der Waals surface area contributed by atoms with E-state index in [4.69, 9.17) is 14.2 Å². The molecule has 1 aliphatic carbocycles. The van der Waals surface area contributed by atoms with Gasteiger partial charge in [0, 0.05) is 5.56 Å². The molecule has 0 amide bonds. The summed E-state index contributed by atoms with van der Waals surface area (Å²) in [6.07, 6.45) is 14.2. The number of benzene rings is 1. The van der Waals surface area contributed by atoms with Gasteiger partial charge in [0.25, 0.3) is 0 Å². The molecule has 2 unspecified atom stereocenters. The van der Waals surface area contributed by atoms with E-state index in [-0.39, 0.29) is 24.2 Å². The minimum absolute atomic E-state index is 0.0101. The standard InChI is InChI=1S/C27H42F2O3/c1-3-5-7-8-20-9-11-21(12-10-20)22-14-16-25(31-18-22)32-19-23-13-15-24(27(29)26(23)28)30-17-6-4-2/h13,15,20-22,25H,3-12,14,16-19H2,1-2H3. The second-order valence-corrected chi connectivity index (χ2v) is 9.74. The molecule has 3 rings (SSSR count). The van der Waals surface area contributed by atoms with Crippen molar-refractivity contribution in [1.29, 1.82) is 0 Å². The molecule has 2 aliphatic rings. The first kappa shape index (κ1) is 25.4. The van der Waals surface area contributed by atoms with Crippen LogP contribution < -0.4 is 4.74 Å². The van der Waals surface area contributed by atoms with E-state index >= 15 is 0 Å². The van der Waals surface area contributed by atoms with Gasteiger partial charge in [-0.2, -0.15) is 4.39 Å². The van der Waals surface area contributed by atoms with Crippen molar-refractivity contribution in [2.45, 2.75) is 104 Å². The second kappa shape index (κ2) is 13.5. The topological polar surface area (TPSA) is 27.7 Å². The first-order valence-electron chi connectivity index (χ1n) is 12.9. The summed E-state index contributed by atoms with van der Waals surface area (Å²) in [5.74, 6) is 0.458. The minimum atomic E-state index is -0.933. The summed E-state index contributed by atoms with van der Waals surface area (Å²) in [4.78, 5) is 0. The zero-order valence-corrected chi connectivity index (χ0v) is 20.1. The molecule has 32 heavy (non-hydrogen) atoms. The van der Waals surface area contributed by atoms with Crippen molar-refractivity contribution in [2.75, 3.05) is 13.2 Å². The summed E-state index contributed by atoms with van der Waals surface area (Å²) >= 11 is 0. The molecule has 3 nitrogen and oxygen atoms in total. The molecule has 1 aliphatic heterocycles. The van der Waals surface area contributed by atoms with Crippen molar-refractivity contribution in [3.8, 4) is 5.75 Å². The highest BCUT2D eigenvalue weighted by atomic mass is 19.2. The zero-order chi connectivity index (χ0) is 22.8. The fourth-order valence-corrected chi connectivity index (χ4v) is 5.19. The molecular weight excluding hydrogens is 410 g/mol. The molecule has 1 saturated heterocycles. The van der Waals surface area contributed by atoms with Crippen LogP contribution in [0.25, 0.3) is 0 Å². The highest BCUT2D eigenvalue weighted by Gasteiger charge is 2.31. The molecule has 0 aromatic heterocycles. The van der Waals surface area contributed by atoms with Gasteiger partial charge in [0.2, 0.25) is 5.82 Å². The van der Waals surface area contributed by atoms with Crippen LogP contribution in [-0.4, -0.2) is 19.5 Å². The fraction of sp³-hybridized carbons (Fsp3) is 0.778. The van der Waals surface area contributed by atoms with E-state index in [0.29, 0.717) is 12.5 Å². The summed E-state index contributed by atoms with van der Waals surface area (Å²) in [5.41, 5.74) is 0.206. The smallest absolute Gasteiger partial charge is 0.200 e. The Morgan fingerprint density at radius 1 is 0.875 bits per heavy atom. The third kappa shape index (κ3) is 7.41. The lowest BCUT2D eigenvalue weighted by atomic mass is 9.73. The molecule has 1 aromatic rings. The van der Waals surface area contributed by atoms with Gasteiger partial charge in [0.15, 0.2) is 17.9 Å². The molecule has 2 atom stereocenters. The largest absolute Gasteiger partial charge is 0.490 e. The number of ether oxygens (including phenoxy) is 3. The molecule has 1 saturated carbocycles. The monoisotopic (exact) mass is 452 g/mol. The van der Waals surface area contributed by atoms with Gasteiger partial charge in [0.1, 0.15) is 0 Å². The van der Waals surface area contributed by atoms with E-state index in [2.05, 4.69) is 6.92 Å². The fourth-order valence-electron chi connectivity index (χ4n) is 5.19. The molecule has 0 bridgehead atoms. The highest BCUT2D eigenvalue weighted by Crippen LogP contribution is 2.39. The first-order valence-corrected chi connectivity index (χ1v) is 12.9. The normalized spacial score (nSPS) is 26.2. The molecule has 2 fully saturated rings. The van der Waals surface area contributed by atoms with E-state index in [1.54, 1.807) is 6.07 Å². The third-order valence-corrected chi connectivity index (χ3v) is 7.35. The van der Waals surface area contributed by atoms with Crippen LogP contribution in [0.4, 0.5) is 8.78 Å².